The third-order valence-corrected chi connectivity index (χ3v) is 4.03. The van der Waals surface area contributed by atoms with Gasteiger partial charge in [-0.1, -0.05) is 25.1 Å². The lowest BCUT2D eigenvalue weighted by molar-refractivity contribution is 0.273. The van der Waals surface area contributed by atoms with Crippen LogP contribution in [-0.4, -0.2) is 37.4 Å². The fourth-order valence-corrected chi connectivity index (χ4v) is 3.05. The Balaban J connectivity index is 2.35. The van der Waals surface area contributed by atoms with Crippen molar-refractivity contribution in [2.75, 3.05) is 31.1 Å². The van der Waals surface area contributed by atoms with Gasteiger partial charge in [0, 0.05) is 31.4 Å². The molecule has 2 N–H and O–H groups in total. The molecule has 19 heavy (non-hydrogen) atoms. The van der Waals surface area contributed by atoms with Crippen molar-refractivity contribution in [1.82, 2.24) is 5.32 Å². The molecule has 1 fully saturated rings. The van der Waals surface area contributed by atoms with E-state index in [0.29, 0.717) is 6.04 Å². The number of aliphatic hydroxyl groups is 1. The largest absolute Gasteiger partial charge is 0.396 e. The number of aliphatic hydroxyl groups excluding tert-OH is 1. The number of nitrogens with zero attached hydrogens (tertiary/aromatic N) is 1. The molecule has 0 saturated carbocycles. The van der Waals surface area contributed by atoms with Gasteiger partial charge in [0.05, 0.1) is 0 Å². The van der Waals surface area contributed by atoms with Crippen LogP contribution in [-0.2, 0) is 6.42 Å². The van der Waals surface area contributed by atoms with Crippen molar-refractivity contribution in [1.29, 1.82) is 0 Å². The maximum absolute atomic E-state index is 9.32. The van der Waals surface area contributed by atoms with Gasteiger partial charge in [0.2, 0.25) is 0 Å². The molecule has 0 aliphatic carbocycles. The van der Waals surface area contributed by atoms with E-state index in [1.165, 1.54) is 23.2 Å². The molecule has 106 valence electrons. The summed E-state index contributed by atoms with van der Waals surface area (Å²) in [6, 6.07) is 6.98. The second-order valence-corrected chi connectivity index (χ2v) is 5.35. The molecule has 1 heterocycles. The van der Waals surface area contributed by atoms with E-state index >= 15 is 0 Å². The van der Waals surface area contributed by atoms with Gasteiger partial charge in [-0.2, -0.15) is 0 Å². The number of aryl methyl sites for hydroxylation is 2. The third-order valence-electron chi connectivity index (χ3n) is 4.03. The molecule has 2 rings (SSSR count). The van der Waals surface area contributed by atoms with E-state index in [9.17, 15) is 5.11 Å². The van der Waals surface area contributed by atoms with E-state index < -0.39 is 0 Å². The zero-order valence-electron chi connectivity index (χ0n) is 12.2. The number of hydrogen-bond donors (Lipinski definition) is 2. The Morgan fingerprint density at radius 2 is 2.26 bits per heavy atom. The Kier molecular flexibility index (Phi) is 5.23. The molecule has 0 aromatic heterocycles. The lowest BCUT2D eigenvalue weighted by atomic mass is 10.0. The van der Waals surface area contributed by atoms with E-state index in [1.807, 2.05) is 0 Å². The highest BCUT2D eigenvalue weighted by molar-refractivity contribution is 5.60. The molecule has 1 aromatic carbocycles. The minimum absolute atomic E-state index is 0.260. The summed E-state index contributed by atoms with van der Waals surface area (Å²) in [6.07, 6.45) is 3.07. The SMILES string of the molecule is CCc1cccc(C)c1N1CCCNCC1CCO. The number of benzene rings is 1. The van der Waals surface area contributed by atoms with Gasteiger partial charge in [0.15, 0.2) is 0 Å². The number of rotatable bonds is 4. The van der Waals surface area contributed by atoms with Crippen LogP contribution in [0.3, 0.4) is 0 Å². The predicted octanol–water partition coefficient (Wildman–Crippen LogP) is 2.11. The van der Waals surface area contributed by atoms with Crippen LogP contribution < -0.4 is 10.2 Å². The molecule has 0 amide bonds. The number of anilines is 1. The van der Waals surface area contributed by atoms with Crippen molar-refractivity contribution in [3.05, 3.63) is 29.3 Å². The van der Waals surface area contributed by atoms with Crippen LogP contribution in [0.4, 0.5) is 5.69 Å². The molecule has 3 nitrogen and oxygen atoms in total. The van der Waals surface area contributed by atoms with E-state index in [4.69, 9.17) is 0 Å². The molecule has 1 unspecified atom stereocenters. The Hall–Kier alpha value is -1.06. The minimum atomic E-state index is 0.260. The molecule has 1 saturated heterocycles. The van der Waals surface area contributed by atoms with Crippen molar-refractivity contribution in [3.63, 3.8) is 0 Å². The molecule has 1 atom stereocenters. The highest BCUT2D eigenvalue weighted by Gasteiger charge is 2.23. The van der Waals surface area contributed by atoms with Gasteiger partial charge < -0.3 is 15.3 Å². The van der Waals surface area contributed by atoms with Gasteiger partial charge in [0.25, 0.3) is 0 Å². The van der Waals surface area contributed by atoms with Crippen molar-refractivity contribution < 1.29 is 5.11 Å². The standard InChI is InChI=1S/C16H26N2O/c1-3-14-7-4-6-13(2)16(14)18-10-5-9-17-12-15(18)8-11-19/h4,6-7,15,17,19H,3,5,8-12H2,1-2H3. The molecule has 1 aliphatic rings. The summed E-state index contributed by atoms with van der Waals surface area (Å²) in [5, 5.41) is 12.8. The summed E-state index contributed by atoms with van der Waals surface area (Å²) in [7, 11) is 0. The molecule has 0 spiro atoms. The average molecular weight is 262 g/mol. The zero-order valence-corrected chi connectivity index (χ0v) is 12.2. The van der Waals surface area contributed by atoms with Gasteiger partial charge in [-0.05, 0) is 43.9 Å². The van der Waals surface area contributed by atoms with Crippen LogP contribution in [0.2, 0.25) is 0 Å². The normalized spacial score (nSPS) is 20.4. The Morgan fingerprint density at radius 3 is 3.00 bits per heavy atom. The van der Waals surface area contributed by atoms with E-state index in [0.717, 1.165) is 32.5 Å². The van der Waals surface area contributed by atoms with E-state index in [1.54, 1.807) is 0 Å². The quantitative estimate of drug-likeness (QED) is 0.872. The monoisotopic (exact) mass is 262 g/mol. The van der Waals surface area contributed by atoms with Gasteiger partial charge in [-0.15, -0.1) is 0 Å². The Bertz CT molecular complexity index is 406. The van der Waals surface area contributed by atoms with Gasteiger partial charge in [-0.3, -0.25) is 0 Å². The van der Waals surface area contributed by atoms with E-state index in [-0.39, 0.29) is 6.61 Å². The Labute approximate surface area is 116 Å². The molecule has 3 heteroatoms. The topological polar surface area (TPSA) is 35.5 Å². The summed E-state index contributed by atoms with van der Waals surface area (Å²) >= 11 is 0. The first kappa shape index (κ1) is 14.4. The first-order valence-electron chi connectivity index (χ1n) is 7.44. The smallest absolute Gasteiger partial charge is 0.0451 e. The Morgan fingerprint density at radius 1 is 1.42 bits per heavy atom. The summed E-state index contributed by atoms with van der Waals surface area (Å²) in [6.45, 7) is 7.80. The summed E-state index contributed by atoms with van der Waals surface area (Å²) in [5.41, 5.74) is 4.17. The van der Waals surface area contributed by atoms with Crippen LogP contribution in [0.25, 0.3) is 0 Å². The second kappa shape index (κ2) is 6.92. The molecular formula is C16H26N2O. The zero-order chi connectivity index (χ0) is 13.7. The number of nitrogens with one attached hydrogen (secondary N) is 1. The number of hydrogen-bond acceptors (Lipinski definition) is 3. The molecule has 0 bridgehead atoms. The highest BCUT2D eigenvalue weighted by atomic mass is 16.3. The minimum Gasteiger partial charge on any atom is -0.396 e. The fourth-order valence-electron chi connectivity index (χ4n) is 3.05. The fraction of sp³-hybridized carbons (Fsp3) is 0.625. The molecule has 1 aromatic rings. The van der Waals surface area contributed by atoms with Gasteiger partial charge in [0.1, 0.15) is 0 Å². The molecule has 0 radical (unpaired) electrons. The summed E-state index contributed by atoms with van der Waals surface area (Å²) in [5.74, 6) is 0. The van der Waals surface area contributed by atoms with Crippen molar-refractivity contribution in [3.8, 4) is 0 Å². The van der Waals surface area contributed by atoms with Crippen LogP contribution in [0.1, 0.15) is 30.9 Å². The number of para-hydroxylation sites is 1. The first-order chi connectivity index (χ1) is 9.27. The van der Waals surface area contributed by atoms with Gasteiger partial charge >= 0.3 is 0 Å². The van der Waals surface area contributed by atoms with Gasteiger partial charge in [-0.25, -0.2) is 0 Å². The third kappa shape index (κ3) is 3.28. The van der Waals surface area contributed by atoms with Crippen LogP contribution in [0, 0.1) is 6.92 Å². The van der Waals surface area contributed by atoms with Crippen LogP contribution >= 0.6 is 0 Å². The van der Waals surface area contributed by atoms with Crippen molar-refractivity contribution in [2.45, 2.75) is 39.2 Å². The lowest BCUT2D eigenvalue weighted by Gasteiger charge is -2.34. The highest BCUT2D eigenvalue weighted by Crippen LogP contribution is 2.29. The predicted molar refractivity (Wildman–Crippen MR) is 80.9 cm³/mol. The lowest BCUT2D eigenvalue weighted by Crippen LogP contribution is -2.41. The average Bonchev–Trinajstić information content (AvgIpc) is 2.64. The maximum Gasteiger partial charge on any atom is 0.0451 e. The molecule has 1 aliphatic heterocycles. The maximum atomic E-state index is 9.32. The first-order valence-corrected chi connectivity index (χ1v) is 7.44. The van der Waals surface area contributed by atoms with Crippen molar-refractivity contribution in [2.24, 2.45) is 0 Å². The van der Waals surface area contributed by atoms with Crippen molar-refractivity contribution >= 4 is 5.69 Å². The summed E-state index contributed by atoms with van der Waals surface area (Å²) in [4.78, 5) is 2.52. The molecular weight excluding hydrogens is 236 g/mol. The van der Waals surface area contributed by atoms with Crippen LogP contribution in [0.5, 0.6) is 0 Å². The second-order valence-electron chi connectivity index (χ2n) is 5.35. The summed E-state index contributed by atoms with van der Waals surface area (Å²) < 4.78 is 0. The van der Waals surface area contributed by atoms with Crippen LogP contribution in [0.15, 0.2) is 18.2 Å². The van der Waals surface area contributed by atoms with E-state index in [2.05, 4.69) is 42.3 Å².